The molecule has 2 N–H and O–H groups in total. The van der Waals surface area contributed by atoms with Crippen molar-refractivity contribution < 1.29 is 9.59 Å². The van der Waals surface area contributed by atoms with Crippen molar-refractivity contribution >= 4 is 11.8 Å². The summed E-state index contributed by atoms with van der Waals surface area (Å²) in [5, 5.41) is 5.95. The Bertz CT molecular complexity index is 290. The first kappa shape index (κ1) is 15.0. The van der Waals surface area contributed by atoms with E-state index in [2.05, 4.69) is 17.6 Å². The third-order valence-corrected chi connectivity index (χ3v) is 3.58. The monoisotopic (exact) mass is 255 g/mol. The van der Waals surface area contributed by atoms with Crippen molar-refractivity contribution in [3.05, 3.63) is 0 Å². The fourth-order valence-corrected chi connectivity index (χ4v) is 2.36. The Morgan fingerprint density at radius 2 is 2.00 bits per heavy atom. The summed E-state index contributed by atoms with van der Waals surface area (Å²) in [5.41, 5.74) is 0. The van der Waals surface area contributed by atoms with Crippen LogP contribution in [0.4, 0.5) is 0 Å². The smallest absolute Gasteiger partial charge is 0.241 e. The van der Waals surface area contributed by atoms with E-state index in [1.807, 2.05) is 13.8 Å². The topological polar surface area (TPSA) is 61.4 Å². The molecule has 104 valence electrons. The normalized spacial score (nSPS) is 23.5. The summed E-state index contributed by atoms with van der Waals surface area (Å²) in [6, 6.07) is -0.150. The Hall–Kier alpha value is -1.10. The van der Waals surface area contributed by atoms with Crippen molar-refractivity contribution in [1.82, 2.24) is 15.5 Å². The van der Waals surface area contributed by atoms with Crippen molar-refractivity contribution in [2.24, 2.45) is 5.92 Å². The lowest BCUT2D eigenvalue weighted by Gasteiger charge is -2.29. The highest BCUT2D eigenvalue weighted by Crippen LogP contribution is 2.15. The SMILES string of the molecule is CCN(CC)C(=O)CNC(=O)C1NCCCC1C. The Balaban J connectivity index is 2.38. The molecule has 18 heavy (non-hydrogen) atoms. The second kappa shape index (κ2) is 7.36. The van der Waals surface area contributed by atoms with Crippen LogP contribution in [0.2, 0.25) is 0 Å². The molecule has 1 fully saturated rings. The molecular formula is C13H25N3O2. The maximum absolute atomic E-state index is 12.0. The van der Waals surface area contributed by atoms with Crippen LogP contribution in [0.5, 0.6) is 0 Å². The summed E-state index contributed by atoms with van der Waals surface area (Å²) >= 11 is 0. The average molecular weight is 255 g/mol. The molecule has 2 atom stereocenters. The standard InChI is InChI=1S/C13H25N3O2/c1-4-16(5-2)11(17)9-15-13(18)12-10(3)7-6-8-14-12/h10,12,14H,4-9H2,1-3H3,(H,15,18). The van der Waals surface area contributed by atoms with Crippen molar-refractivity contribution in [3.8, 4) is 0 Å². The molecule has 0 saturated carbocycles. The van der Waals surface area contributed by atoms with E-state index in [4.69, 9.17) is 0 Å². The van der Waals surface area contributed by atoms with Gasteiger partial charge in [0.05, 0.1) is 12.6 Å². The molecule has 2 amide bonds. The summed E-state index contributed by atoms with van der Waals surface area (Å²) in [4.78, 5) is 25.5. The van der Waals surface area contributed by atoms with E-state index in [-0.39, 0.29) is 24.4 Å². The van der Waals surface area contributed by atoms with Crippen LogP contribution in [0.15, 0.2) is 0 Å². The molecule has 0 aliphatic carbocycles. The van der Waals surface area contributed by atoms with Gasteiger partial charge in [0.25, 0.3) is 0 Å². The number of rotatable bonds is 5. The highest BCUT2D eigenvalue weighted by atomic mass is 16.2. The molecule has 0 aromatic carbocycles. The van der Waals surface area contributed by atoms with Crippen LogP contribution in [0.3, 0.4) is 0 Å². The third kappa shape index (κ3) is 3.98. The van der Waals surface area contributed by atoms with Gasteiger partial charge in [-0.25, -0.2) is 0 Å². The number of piperidine rings is 1. The number of hydrogen-bond donors (Lipinski definition) is 2. The maximum atomic E-state index is 12.0. The second-order valence-electron chi connectivity index (χ2n) is 4.84. The molecule has 1 rings (SSSR count). The van der Waals surface area contributed by atoms with Gasteiger partial charge < -0.3 is 15.5 Å². The Labute approximate surface area is 109 Å². The average Bonchev–Trinajstić information content (AvgIpc) is 2.38. The molecule has 2 unspecified atom stereocenters. The molecule has 1 saturated heterocycles. The molecule has 0 spiro atoms. The molecule has 0 aromatic rings. The molecule has 0 radical (unpaired) electrons. The highest BCUT2D eigenvalue weighted by Gasteiger charge is 2.27. The molecule has 1 heterocycles. The number of amides is 2. The molecular weight excluding hydrogens is 230 g/mol. The van der Waals surface area contributed by atoms with Gasteiger partial charge in [0.2, 0.25) is 11.8 Å². The van der Waals surface area contributed by atoms with Gasteiger partial charge in [0.15, 0.2) is 0 Å². The fourth-order valence-electron chi connectivity index (χ4n) is 2.36. The number of nitrogens with one attached hydrogen (secondary N) is 2. The van der Waals surface area contributed by atoms with E-state index >= 15 is 0 Å². The van der Waals surface area contributed by atoms with Crippen LogP contribution in [-0.4, -0.2) is 48.9 Å². The van der Waals surface area contributed by atoms with Crippen molar-refractivity contribution in [1.29, 1.82) is 0 Å². The first-order valence-electron chi connectivity index (χ1n) is 6.89. The fraction of sp³-hybridized carbons (Fsp3) is 0.846. The lowest BCUT2D eigenvalue weighted by molar-refractivity contribution is -0.133. The Morgan fingerprint density at radius 3 is 2.56 bits per heavy atom. The van der Waals surface area contributed by atoms with E-state index in [1.165, 1.54) is 0 Å². The lowest BCUT2D eigenvalue weighted by Crippen LogP contribution is -2.52. The zero-order chi connectivity index (χ0) is 13.5. The first-order chi connectivity index (χ1) is 8.60. The highest BCUT2D eigenvalue weighted by molar-refractivity contribution is 5.87. The molecule has 1 aliphatic rings. The third-order valence-electron chi connectivity index (χ3n) is 3.58. The van der Waals surface area contributed by atoms with Gasteiger partial charge >= 0.3 is 0 Å². The minimum Gasteiger partial charge on any atom is -0.346 e. The number of carbonyl (C=O) groups is 2. The van der Waals surface area contributed by atoms with Gasteiger partial charge in [-0.1, -0.05) is 6.92 Å². The largest absolute Gasteiger partial charge is 0.346 e. The number of hydrogen-bond acceptors (Lipinski definition) is 3. The van der Waals surface area contributed by atoms with Crippen LogP contribution in [0.25, 0.3) is 0 Å². The molecule has 1 aliphatic heterocycles. The number of likely N-dealkylation sites (N-methyl/N-ethyl adjacent to an activating group) is 1. The predicted octanol–water partition coefficient (Wildman–Crippen LogP) is 0.359. The van der Waals surface area contributed by atoms with E-state index in [0.717, 1.165) is 19.4 Å². The van der Waals surface area contributed by atoms with Crippen LogP contribution >= 0.6 is 0 Å². The van der Waals surface area contributed by atoms with Crippen molar-refractivity contribution in [2.75, 3.05) is 26.2 Å². The Morgan fingerprint density at radius 1 is 1.33 bits per heavy atom. The van der Waals surface area contributed by atoms with E-state index in [0.29, 0.717) is 19.0 Å². The van der Waals surface area contributed by atoms with E-state index in [9.17, 15) is 9.59 Å². The quantitative estimate of drug-likeness (QED) is 0.745. The minimum absolute atomic E-state index is 0.0168. The van der Waals surface area contributed by atoms with Crippen molar-refractivity contribution in [2.45, 2.75) is 39.7 Å². The lowest BCUT2D eigenvalue weighted by atomic mass is 9.92. The van der Waals surface area contributed by atoms with Gasteiger partial charge in [-0.05, 0) is 39.2 Å². The van der Waals surface area contributed by atoms with Crippen molar-refractivity contribution in [3.63, 3.8) is 0 Å². The van der Waals surface area contributed by atoms with Gasteiger partial charge in [0, 0.05) is 13.1 Å². The summed E-state index contributed by atoms with van der Waals surface area (Å²) in [7, 11) is 0. The minimum atomic E-state index is -0.150. The van der Waals surface area contributed by atoms with Gasteiger partial charge in [-0.15, -0.1) is 0 Å². The first-order valence-corrected chi connectivity index (χ1v) is 6.89. The van der Waals surface area contributed by atoms with Crippen LogP contribution in [-0.2, 0) is 9.59 Å². The van der Waals surface area contributed by atoms with E-state index in [1.54, 1.807) is 4.90 Å². The summed E-state index contributed by atoms with van der Waals surface area (Å²) < 4.78 is 0. The van der Waals surface area contributed by atoms with Crippen LogP contribution in [0.1, 0.15) is 33.6 Å². The summed E-state index contributed by atoms with van der Waals surface area (Å²) in [6.07, 6.45) is 2.18. The predicted molar refractivity (Wildman–Crippen MR) is 71.1 cm³/mol. The van der Waals surface area contributed by atoms with E-state index < -0.39 is 0 Å². The van der Waals surface area contributed by atoms with Crippen LogP contribution in [0, 0.1) is 5.92 Å². The zero-order valence-corrected chi connectivity index (χ0v) is 11.7. The maximum Gasteiger partial charge on any atom is 0.241 e. The second-order valence-corrected chi connectivity index (χ2v) is 4.84. The molecule has 5 heteroatoms. The molecule has 0 aromatic heterocycles. The molecule has 0 bridgehead atoms. The Kier molecular flexibility index (Phi) is 6.12. The summed E-state index contributed by atoms with van der Waals surface area (Å²) in [6.45, 7) is 8.30. The zero-order valence-electron chi connectivity index (χ0n) is 11.7. The van der Waals surface area contributed by atoms with Crippen LogP contribution < -0.4 is 10.6 Å². The summed E-state index contributed by atoms with van der Waals surface area (Å²) in [5.74, 6) is 0.266. The molecule has 5 nitrogen and oxygen atoms in total. The number of carbonyl (C=O) groups excluding carboxylic acids is 2. The van der Waals surface area contributed by atoms with Gasteiger partial charge in [0.1, 0.15) is 0 Å². The van der Waals surface area contributed by atoms with Gasteiger partial charge in [-0.3, -0.25) is 9.59 Å². The number of nitrogens with zero attached hydrogens (tertiary/aromatic N) is 1. The van der Waals surface area contributed by atoms with Gasteiger partial charge in [-0.2, -0.15) is 0 Å².